The van der Waals surface area contributed by atoms with Gasteiger partial charge in [-0.15, -0.1) is 0 Å². The second-order valence-electron chi connectivity index (χ2n) is 6.06. The Bertz CT molecular complexity index is 617. The highest BCUT2D eigenvalue weighted by molar-refractivity contribution is 5.96. The van der Waals surface area contributed by atoms with E-state index in [9.17, 15) is 4.79 Å². The van der Waals surface area contributed by atoms with Crippen molar-refractivity contribution in [2.45, 2.75) is 52.5 Å². The van der Waals surface area contributed by atoms with Gasteiger partial charge in [0.2, 0.25) is 0 Å². The van der Waals surface area contributed by atoms with E-state index in [0.717, 1.165) is 12.8 Å². The molecule has 22 heavy (non-hydrogen) atoms. The number of carbonyl (C=O) groups excluding carboxylic acids is 1. The number of rotatable bonds is 6. The molecule has 0 aliphatic rings. The Hall–Kier alpha value is -2.10. The molecule has 1 heterocycles. The van der Waals surface area contributed by atoms with Crippen LogP contribution in [-0.4, -0.2) is 17.1 Å². The average Bonchev–Trinajstić information content (AvgIpc) is 2.88. The van der Waals surface area contributed by atoms with Crippen LogP contribution in [0.15, 0.2) is 34.9 Å². The minimum Gasteiger partial charge on any atom is -0.360 e. The Balaban J connectivity index is 1.95. The predicted octanol–water partition coefficient (Wildman–Crippen LogP) is 3.86. The summed E-state index contributed by atoms with van der Waals surface area (Å²) in [4.78, 5) is 12.5. The lowest BCUT2D eigenvalue weighted by Gasteiger charge is -2.14. The van der Waals surface area contributed by atoms with Crippen LogP contribution in [0.4, 0.5) is 0 Å². The first-order chi connectivity index (χ1) is 10.5. The third-order valence-electron chi connectivity index (χ3n) is 3.73. The highest BCUT2D eigenvalue weighted by Gasteiger charge is 2.23. The van der Waals surface area contributed by atoms with Gasteiger partial charge in [0.15, 0.2) is 5.76 Å². The second kappa shape index (κ2) is 7.25. The standard InChI is InChI=1S/C18H24N2O2/c1-12(2)17-16(14(4)20-22-17)18(21)19-13(3)10-11-15-8-6-5-7-9-15/h5-9,12-13H,10-11H2,1-4H3,(H,19,21)/t13-/m1/s1. The number of nitrogens with one attached hydrogen (secondary N) is 1. The molecule has 4 nitrogen and oxygen atoms in total. The van der Waals surface area contributed by atoms with Crippen LogP contribution in [-0.2, 0) is 6.42 Å². The molecule has 0 unspecified atom stereocenters. The summed E-state index contributed by atoms with van der Waals surface area (Å²) in [5.74, 6) is 0.704. The minimum atomic E-state index is -0.0944. The summed E-state index contributed by atoms with van der Waals surface area (Å²) in [6, 6.07) is 10.4. The first-order valence-corrected chi connectivity index (χ1v) is 7.80. The monoisotopic (exact) mass is 300 g/mol. The Morgan fingerprint density at radius 1 is 1.23 bits per heavy atom. The number of nitrogens with zero attached hydrogens (tertiary/aromatic N) is 1. The number of benzene rings is 1. The third-order valence-corrected chi connectivity index (χ3v) is 3.73. The quantitative estimate of drug-likeness (QED) is 0.881. The molecule has 2 rings (SSSR count). The SMILES string of the molecule is Cc1noc(C(C)C)c1C(=O)N[C@H](C)CCc1ccccc1. The average molecular weight is 300 g/mol. The maximum atomic E-state index is 12.5. The van der Waals surface area contributed by atoms with Crippen LogP contribution >= 0.6 is 0 Å². The number of amides is 1. The molecule has 118 valence electrons. The van der Waals surface area contributed by atoms with Gasteiger partial charge in [0.05, 0.1) is 5.69 Å². The number of aromatic nitrogens is 1. The molecule has 0 aliphatic heterocycles. The Kier molecular flexibility index (Phi) is 5.36. The topological polar surface area (TPSA) is 55.1 Å². The van der Waals surface area contributed by atoms with E-state index in [1.807, 2.05) is 39.0 Å². The van der Waals surface area contributed by atoms with Crippen LogP contribution in [0.25, 0.3) is 0 Å². The van der Waals surface area contributed by atoms with Gasteiger partial charge in [-0.25, -0.2) is 0 Å². The molecular weight excluding hydrogens is 276 g/mol. The van der Waals surface area contributed by atoms with E-state index in [2.05, 4.69) is 22.6 Å². The van der Waals surface area contributed by atoms with Crippen molar-refractivity contribution in [2.75, 3.05) is 0 Å². The summed E-state index contributed by atoms with van der Waals surface area (Å²) >= 11 is 0. The van der Waals surface area contributed by atoms with E-state index < -0.39 is 0 Å². The molecule has 1 amide bonds. The first-order valence-electron chi connectivity index (χ1n) is 7.80. The van der Waals surface area contributed by atoms with E-state index in [1.54, 1.807) is 6.92 Å². The van der Waals surface area contributed by atoms with Crippen molar-refractivity contribution >= 4 is 5.91 Å². The van der Waals surface area contributed by atoms with Gasteiger partial charge in [-0.1, -0.05) is 49.3 Å². The molecule has 2 aromatic rings. The van der Waals surface area contributed by atoms with Gasteiger partial charge >= 0.3 is 0 Å². The van der Waals surface area contributed by atoms with Gasteiger partial charge in [-0.05, 0) is 32.3 Å². The normalized spacial score (nSPS) is 12.4. The molecule has 1 aromatic carbocycles. The zero-order chi connectivity index (χ0) is 16.1. The van der Waals surface area contributed by atoms with Crippen LogP contribution < -0.4 is 5.32 Å². The van der Waals surface area contributed by atoms with Gasteiger partial charge in [-0.2, -0.15) is 0 Å². The summed E-state index contributed by atoms with van der Waals surface area (Å²) in [5, 5.41) is 6.97. The maximum absolute atomic E-state index is 12.5. The zero-order valence-corrected chi connectivity index (χ0v) is 13.7. The largest absolute Gasteiger partial charge is 0.360 e. The first kappa shape index (κ1) is 16.3. The van der Waals surface area contributed by atoms with Crippen LogP contribution in [0, 0.1) is 6.92 Å². The fourth-order valence-electron chi connectivity index (χ4n) is 2.45. The molecular formula is C18H24N2O2. The predicted molar refractivity (Wildman–Crippen MR) is 87.0 cm³/mol. The Labute approximate surface area is 131 Å². The highest BCUT2D eigenvalue weighted by Crippen LogP contribution is 2.22. The van der Waals surface area contributed by atoms with Gasteiger partial charge in [-0.3, -0.25) is 4.79 Å². The molecule has 4 heteroatoms. The Morgan fingerprint density at radius 3 is 2.55 bits per heavy atom. The summed E-state index contributed by atoms with van der Waals surface area (Å²) < 4.78 is 5.28. The number of aryl methyl sites for hydroxylation is 2. The van der Waals surface area contributed by atoms with Crippen molar-refractivity contribution in [3.8, 4) is 0 Å². The maximum Gasteiger partial charge on any atom is 0.257 e. The van der Waals surface area contributed by atoms with Gasteiger partial charge in [0.25, 0.3) is 5.91 Å². The summed E-state index contributed by atoms with van der Waals surface area (Å²) in [7, 11) is 0. The molecule has 0 spiro atoms. The summed E-state index contributed by atoms with van der Waals surface area (Å²) in [6.45, 7) is 7.82. The minimum absolute atomic E-state index is 0.0944. The van der Waals surface area contributed by atoms with Crippen LogP contribution in [0.1, 0.15) is 60.5 Å². The second-order valence-corrected chi connectivity index (χ2v) is 6.06. The molecule has 0 saturated carbocycles. The highest BCUT2D eigenvalue weighted by atomic mass is 16.5. The zero-order valence-electron chi connectivity index (χ0n) is 13.7. The molecule has 0 aliphatic carbocycles. The Morgan fingerprint density at radius 2 is 1.91 bits per heavy atom. The lowest BCUT2D eigenvalue weighted by Crippen LogP contribution is -2.33. The van der Waals surface area contributed by atoms with Crippen molar-refractivity contribution in [1.82, 2.24) is 10.5 Å². The summed E-state index contributed by atoms with van der Waals surface area (Å²) in [6.07, 6.45) is 1.85. The van der Waals surface area contributed by atoms with E-state index in [-0.39, 0.29) is 17.9 Å². The smallest absolute Gasteiger partial charge is 0.257 e. The van der Waals surface area contributed by atoms with Gasteiger partial charge in [0, 0.05) is 12.0 Å². The van der Waals surface area contributed by atoms with Crippen LogP contribution in [0.2, 0.25) is 0 Å². The van der Waals surface area contributed by atoms with Gasteiger partial charge < -0.3 is 9.84 Å². The van der Waals surface area contributed by atoms with E-state index in [4.69, 9.17) is 4.52 Å². The third kappa shape index (κ3) is 3.97. The van der Waals surface area contributed by atoms with Crippen LogP contribution in [0.5, 0.6) is 0 Å². The molecule has 1 aromatic heterocycles. The number of hydrogen-bond donors (Lipinski definition) is 1. The molecule has 0 bridgehead atoms. The van der Waals surface area contributed by atoms with Crippen molar-refractivity contribution in [2.24, 2.45) is 0 Å². The van der Waals surface area contributed by atoms with Crippen molar-refractivity contribution in [3.05, 3.63) is 52.9 Å². The molecule has 0 saturated heterocycles. The van der Waals surface area contributed by atoms with Crippen molar-refractivity contribution in [3.63, 3.8) is 0 Å². The van der Waals surface area contributed by atoms with E-state index in [1.165, 1.54) is 5.56 Å². The van der Waals surface area contributed by atoms with Crippen molar-refractivity contribution in [1.29, 1.82) is 0 Å². The molecule has 1 atom stereocenters. The molecule has 0 fully saturated rings. The fraction of sp³-hybridized carbons (Fsp3) is 0.444. The van der Waals surface area contributed by atoms with E-state index >= 15 is 0 Å². The lowest BCUT2D eigenvalue weighted by atomic mass is 10.0. The fourth-order valence-corrected chi connectivity index (χ4v) is 2.45. The lowest BCUT2D eigenvalue weighted by molar-refractivity contribution is 0.0935. The van der Waals surface area contributed by atoms with Gasteiger partial charge in [0.1, 0.15) is 5.56 Å². The molecule has 1 N–H and O–H groups in total. The number of carbonyl (C=O) groups is 1. The summed E-state index contributed by atoms with van der Waals surface area (Å²) in [5.41, 5.74) is 2.52. The van der Waals surface area contributed by atoms with Crippen LogP contribution in [0.3, 0.4) is 0 Å². The molecule has 0 radical (unpaired) electrons. The van der Waals surface area contributed by atoms with E-state index in [0.29, 0.717) is 17.0 Å². The number of hydrogen-bond acceptors (Lipinski definition) is 3. The van der Waals surface area contributed by atoms with Crippen molar-refractivity contribution < 1.29 is 9.32 Å².